The molecule has 0 amide bonds. The van der Waals surface area contributed by atoms with Crippen molar-refractivity contribution in [3.05, 3.63) is 54.0 Å². The van der Waals surface area contributed by atoms with Gasteiger partial charge in [-0.05, 0) is 18.2 Å². The average Bonchev–Trinajstić information content (AvgIpc) is 3.28. The van der Waals surface area contributed by atoms with Crippen LogP contribution in [0.25, 0.3) is 5.52 Å². The molecule has 2 aromatic heterocycles. The van der Waals surface area contributed by atoms with Crippen molar-refractivity contribution in [2.45, 2.75) is 31.1 Å². The Hall–Kier alpha value is -2.94. The van der Waals surface area contributed by atoms with Crippen LogP contribution in [0.1, 0.15) is 32.0 Å². The third-order valence-corrected chi connectivity index (χ3v) is 6.95. The number of aromatic nitrogens is 3. The first-order valence-corrected chi connectivity index (χ1v) is 11.5. The monoisotopic (exact) mass is 424 g/mol. The van der Waals surface area contributed by atoms with Crippen LogP contribution in [-0.2, 0) is 15.4 Å². The van der Waals surface area contributed by atoms with Gasteiger partial charge in [-0.1, -0.05) is 32.9 Å². The zero-order valence-electron chi connectivity index (χ0n) is 17.3. The molecule has 2 aliphatic heterocycles. The van der Waals surface area contributed by atoms with Gasteiger partial charge in [0.05, 0.1) is 5.69 Å². The third kappa shape index (κ3) is 3.04. The highest BCUT2D eigenvalue weighted by Crippen LogP contribution is 2.30. The lowest BCUT2D eigenvalue weighted by molar-refractivity contribution is 0.386. The van der Waals surface area contributed by atoms with Gasteiger partial charge >= 0.3 is 0 Å². The molecule has 1 fully saturated rings. The van der Waals surface area contributed by atoms with Crippen LogP contribution in [0.2, 0.25) is 0 Å². The Morgan fingerprint density at radius 3 is 2.43 bits per heavy atom. The van der Waals surface area contributed by atoms with E-state index in [2.05, 4.69) is 46.0 Å². The molecule has 5 rings (SSSR count). The highest BCUT2D eigenvalue weighted by atomic mass is 32.2. The van der Waals surface area contributed by atoms with Crippen molar-refractivity contribution in [1.82, 2.24) is 19.5 Å². The summed E-state index contributed by atoms with van der Waals surface area (Å²) in [4.78, 5) is 9.21. The maximum absolute atomic E-state index is 12.4. The van der Waals surface area contributed by atoms with E-state index in [-0.39, 0.29) is 5.41 Å². The highest BCUT2D eigenvalue weighted by Gasteiger charge is 2.33. The Balaban J connectivity index is 1.41. The Kier molecular flexibility index (Phi) is 4.15. The minimum atomic E-state index is -3.60. The fourth-order valence-electron chi connectivity index (χ4n) is 3.97. The van der Waals surface area contributed by atoms with E-state index in [1.54, 1.807) is 18.3 Å². The molecule has 1 aromatic carbocycles. The highest BCUT2D eigenvalue weighted by molar-refractivity contribution is 7.90. The molecule has 1 saturated heterocycles. The Labute approximate surface area is 175 Å². The summed E-state index contributed by atoms with van der Waals surface area (Å²) in [6, 6.07) is 9.14. The van der Waals surface area contributed by atoms with E-state index in [0.29, 0.717) is 29.4 Å². The van der Waals surface area contributed by atoms with Crippen LogP contribution in [0.5, 0.6) is 0 Å². The first kappa shape index (κ1) is 19.0. The van der Waals surface area contributed by atoms with Crippen LogP contribution in [-0.4, -0.2) is 59.9 Å². The summed E-state index contributed by atoms with van der Waals surface area (Å²) >= 11 is 0. The lowest BCUT2D eigenvalue weighted by Gasteiger charge is -2.36. The molecule has 2 aliphatic rings. The molecule has 0 aliphatic carbocycles. The van der Waals surface area contributed by atoms with Gasteiger partial charge in [-0.3, -0.25) is 0 Å². The predicted octanol–water partition coefficient (Wildman–Crippen LogP) is 2.30. The minimum absolute atomic E-state index is 0.0402. The molecule has 4 heterocycles. The number of sulfonamides is 1. The smallest absolute Gasteiger partial charge is 0.285 e. The number of rotatable bonds is 1. The fraction of sp³-hybridized carbons (Fsp3) is 0.381. The molecule has 3 aromatic rings. The second-order valence-electron chi connectivity index (χ2n) is 8.72. The fourth-order valence-corrected chi connectivity index (χ4v) is 5.19. The first-order valence-electron chi connectivity index (χ1n) is 10.0. The summed E-state index contributed by atoms with van der Waals surface area (Å²) in [5.74, 6) is 1.46. The molecule has 0 saturated carbocycles. The minimum Gasteiger partial charge on any atom is -0.352 e. The third-order valence-electron chi connectivity index (χ3n) is 5.63. The van der Waals surface area contributed by atoms with Crippen molar-refractivity contribution in [3.8, 4) is 0 Å². The van der Waals surface area contributed by atoms with Gasteiger partial charge in [-0.15, -0.1) is 4.40 Å². The zero-order chi connectivity index (χ0) is 21.1. The normalized spacial score (nSPS) is 18.6. The topological polar surface area (TPSA) is 83.2 Å². The maximum atomic E-state index is 12.4. The molecule has 0 atom stereocenters. The van der Waals surface area contributed by atoms with E-state index in [9.17, 15) is 8.42 Å². The zero-order valence-corrected chi connectivity index (χ0v) is 18.1. The standard InChI is InChI=1S/C21H24N6O2S/c1-21(2,3)18-14-16-20(22-8-9-27(16)23-18)26-12-10-25(11-13-26)19-15-6-4-5-7-17(15)30(28,29)24-19/h4-9,14H,10-13H2,1-3H3. The molecule has 8 nitrogen and oxygen atoms in total. The first-order chi connectivity index (χ1) is 14.2. The van der Waals surface area contributed by atoms with Crippen LogP contribution in [0, 0.1) is 0 Å². The largest absolute Gasteiger partial charge is 0.352 e. The molecule has 30 heavy (non-hydrogen) atoms. The van der Waals surface area contributed by atoms with Crippen molar-refractivity contribution in [1.29, 1.82) is 0 Å². The molecular weight excluding hydrogens is 400 g/mol. The van der Waals surface area contributed by atoms with E-state index in [0.717, 1.165) is 30.1 Å². The lowest BCUT2D eigenvalue weighted by Crippen LogP contribution is -2.49. The molecule has 0 spiro atoms. The van der Waals surface area contributed by atoms with Crippen molar-refractivity contribution < 1.29 is 8.42 Å². The van der Waals surface area contributed by atoms with Gasteiger partial charge in [0.15, 0.2) is 11.7 Å². The van der Waals surface area contributed by atoms with E-state index >= 15 is 0 Å². The van der Waals surface area contributed by atoms with Gasteiger partial charge < -0.3 is 9.80 Å². The van der Waals surface area contributed by atoms with Crippen LogP contribution < -0.4 is 4.90 Å². The number of fused-ring (bicyclic) bond motifs is 2. The van der Waals surface area contributed by atoms with Gasteiger partial charge in [0, 0.05) is 49.6 Å². The number of benzene rings is 1. The van der Waals surface area contributed by atoms with Crippen LogP contribution in [0.3, 0.4) is 0 Å². The van der Waals surface area contributed by atoms with E-state index in [1.165, 1.54) is 0 Å². The second kappa shape index (κ2) is 6.53. The number of piperazine rings is 1. The second-order valence-corrected chi connectivity index (χ2v) is 10.3. The summed E-state index contributed by atoms with van der Waals surface area (Å²) in [6.45, 7) is 9.24. The number of amidine groups is 1. The van der Waals surface area contributed by atoms with Crippen LogP contribution in [0.4, 0.5) is 5.82 Å². The number of anilines is 1. The van der Waals surface area contributed by atoms with E-state index in [4.69, 9.17) is 5.10 Å². The van der Waals surface area contributed by atoms with E-state index < -0.39 is 10.0 Å². The maximum Gasteiger partial charge on any atom is 0.285 e. The SMILES string of the molecule is CC(C)(C)c1cc2c(N3CCN(C4=NS(=O)(=O)c5ccccc54)CC3)nccn2n1. The number of nitrogens with zero attached hydrogens (tertiary/aromatic N) is 6. The molecular formula is C21H24N6O2S. The molecule has 9 heteroatoms. The van der Waals surface area contributed by atoms with Crippen LogP contribution >= 0.6 is 0 Å². The molecule has 0 N–H and O–H groups in total. The van der Waals surface area contributed by atoms with Crippen LogP contribution in [0.15, 0.2) is 52.0 Å². The average molecular weight is 425 g/mol. The summed E-state index contributed by atoms with van der Waals surface area (Å²) in [5.41, 5.74) is 2.66. The van der Waals surface area contributed by atoms with Gasteiger partial charge in [0.1, 0.15) is 10.4 Å². The van der Waals surface area contributed by atoms with Crippen molar-refractivity contribution in [2.75, 3.05) is 31.1 Å². The van der Waals surface area contributed by atoms with Gasteiger partial charge in [-0.25, -0.2) is 9.50 Å². The molecule has 0 radical (unpaired) electrons. The van der Waals surface area contributed by atoms with Crippen molar-refractivity contribution in [2.24, 2.45) is 4.40 Å². The van der Waals surface area contributed by atoms with Crippen molar-refractivity contribution >= 4 is 27.2 Å². The summed E-state index contributed by atoms with van der Waals surface area (Å²) < 4.78 is 30.7. The lowest BCUT2D eigenvalue weighted by atomic mass is 9.92. The van der Waals surface area contributed by atoms with Gasteiger partial charge in [0.2, 0.25) is 0 Å². The van der Waals surface area contributed by atoms with Gasteiger partial charge in [-0.2, -0.15) is 13.5 Å². The predicted molar refractivity (Wildman–Crippen MR) is 116 cm³/mol. The van der Waals surface area contributed by atoms with Crippen molar-refractivity contribution in [3.63, 3.8) is 0 Å². The van der Waals surface area contributed by atoms with Gasteiger partial charge in [0.25, 0.3) is 10.0 Å². The Morgan fingerprint density at radius 1 is 1.00 bits per heavy atom. The summed E-state index contributed by atoms with van der Waals surface area (Å²) in [6.07, 6.45) is 3.65. The Bertz CT molecular complexity index is 1260. The molecule has 0 unspecified atom stereocenters. The molecule has 156 valence electrons. The number of hydrogen-bond donors (Lipinski definition) is 0. The number of hydrogen-bond acceptors (Lipinski definition) is 6. The summed E-state index contributed by atoms with van der Waals surface area (Å²) in [7, 11) is -3.60. The Morgan fingerprint density at radius 2 is 1.70 bits per heavy atom. The molecule has 0 bridgehead atoms. The van der Waals surface area contributed by atoms with E-state index in [1.807, 2.05) is 22.8 Å². The summed E-state index contributed by atoms with van der Waals surface area (Å²) in [5, 5.41) is 4.71. The quantitative estimate of drug-likeness (QED) is 0.596.